The fourth-order valence-electron chi connectivity index (χ4n) is 4.55. The van der Waals surface area contributed by atoms with Crippen molar-refractivity contribution in [3.63, 3.8) is 0 Å². The number of anilines is 1. The number of nitrogens with one attached hydrogen (secondary N) is 1. The fourth-order valence-corrected chi connectivity index (χ4v) is 4.55. The molecule has 174 valence electrons. The van der Waals surface area contributed by atoms with Crippen molar-refractivity contribution >= 4 is 17.2 Å². The van der Waals surface area contributed by atoms with Gasteiger partial charge in [0.15, 0.2) is 0 Å². The molecule has 2 atom stereocenters. The Morgan fingerprint density at radius 3 is 2.12 bits per heavy atom. The molecule has 1 fully saturated rings. The normalized spacial score (nSPS) is 20.7. The van der Waals surface area contributed by atoms with Crippen LogP contribution in [0.15, 0.2) is 95.8 Å². The van der Waals surface area contributed by atoms with E-state index in [2.05, 4.69) is 84.7 Å². The summed E-state index contributed by atoms with van der Waals surface area (Å²) in [6.45, 7) is 7.39. The summed E-state index contributed by atoms with van der Waals surface area (Å²) in [6, 6.07) is 29.4. The first kappa shape index (κ1) is 22.1. The lowest BCUT2D eigenvalue weighted by molar-refractivity contribution is 0.255. The maximum atomic E-state index is 6.21. The quantitative estimate of drug-likeness (QED) is 0.496. The Labute approximate surface area is 201 Å². The van der Waals surface area contributed by atoms with Gasteiger partial charge in [0.1, 0.15) is 24.8 Å². The molecule has 0 unspecified atom stereocenters. The zero-order valence-electron chi connectivity index (χ0n) is 19.8. The number of aliphatic imine (C=N–C) groups is 1. The Morgan fingerprint density at radius 1 is 0.824 bits per heavy atom. The van der Waals surface area contributed by atoms with Gasteiger partial charge in [0.05, 0.1) is 6.04 Å². The lowest BCUT2D eigenvalue weighted by Gasteiger charge is -2.21. The molecule has 5 nitrogen and oxygen atoms in total. The molecule has 2 heterocycles. The Bertz CT molecular complexity index is 1150. The Balaban J connectivity index is 1.51. The van der Waals surface area contributed by atoms with E-state index in [-0.39, 0.29) is 12.1 Å². The minimum absolute atomic E-state index is 0.0203. The molecule has 0 aromatic heterocycles. The van der Waals surface area contributed by atoms with Crippen LogP contribution in [0.2, 0.25) is 0 Å². The lowest BCUT2D eigenvalue weighted by Crippen LogP contribution is -2.21. The van der Waals surface area contributed by atoms with Gasteiger partial charge in [-0.1, -0.05) is 72.8 Å². The summed E-state index contributed by atoms with van der Waals surface area (Å²) < 4.78 is 12.4. The van der Waals surface area contributed by atoms with Crippen LogP contribution in [0.5, 0.6) is 0 Å². The highest BCUT2D eigenvalue weighted by Crippen LogP contribution is 2.34. The van der Waals surface area contributed by atoms with Crippen molar-refractivity contribution in [2.45, 2.75) is 25.9 Å². The number of hydrogen-bond donors (Lipinski definition) is 1. The fraction of sp³-hybridized carbons (Fsp3) is 0.276. The first-order chi connectivity index (χ1) is 16.8. The monoisotopic (exact) mass is 453 g/mol. The second-order valence-electron chi connectivity index (χ2n) is 8.51. The van der Waals surface area contributed by atoms with Crippen molar-refractivity contribution < 1.29 is 9.47 Å². The largest absolute Gasteiger partial charge is 0.476 e. The van der Waals surface area contributed by atoms with E-state index >= 15 is 0 Å². The van der Waals surface area contributed by atoms with E-state index in [1.54, 1.807) is 0 Å². The number of nitrogens with zero attached hydrogens (tertiary/aromatic N) is 2. The first-order valence-electron chi connectivity index (χ1n) is 12.1. The molecule has 0 bridgehead atoms. The number of benzene rings is 3. The van der Waals surface area contributed by atoms with Gasteiger partial charge >= 0.3 is 0 Å². The predicted octanol–water partition coefficient (Wildman–Crippen LogP) is 5.73. The van der Waals surface area contributed by atoms with Crippen LogP contribution in [0.1, 0.15) is 42.6 Å². The summed E-state index contributed by atoms with van der Waals surface area (Å²) in [5.74, 6) is 1.34. The van der Waals surface area contributed by atoms with Gasteiger partial charge < -0.3 is 19.7 Å². The van der Waals surface area contributed by atoms with E-state index in [1.807, 2.05) is 24.3 Å². The first-order valence-corrected chi connectivity index (χ1v) is 12.1. The van der Waals surface area contributed by atoms with Gasteiger partial charge in [-0.25, -0.2) is 4.99 Å². The third-order valence-corrected chi connectivity index (χ3v) is 6.46. The highest BCUT2D eigenvalue weighted by molar-refractivity contribution is 6.20. The third-order valence-electron chi connectivity index (χ3n) is 6.46. The molecule has 5 rings (SSSR count). The summed E-state index contributed by atoms with van der Waals surface area (Å²) >= 11 is 0. The molecule has 2 aliphatic rings. The maximum absolute atomic E-state index is 6.21. The molecule has 34 heavy (non-hydrogen) atoms. The summed E-state index contributed by atoms with van der Waals surface area (Å²) in [7, 11) is 0. The molecule has 1 N–H and O–H groups in total. The summed E-state index contributed by atoms with van der Waals surface area (Å²) in [5, 5.41) is 3.58. The molecule has 3 aromatic rings. The van der Waals surface area contributed by atoms with Crippen LogP contribution >= 0.6 is 0 Å². The minimum atomic E-state index is -0.0203. The Hall–Kier alpha value is -3.73. The van der Waals surface area contributed by atoms with E-state index in [0.29, 0.717) is 19.1 Å². The number of hydrogen-bond acceptors (Lipinski definition) is 5. The lowest BCUT2D eigenvalue weighted by atomic mass is 10.0. The second kappa shape index (κ2) is 10.0. The van der Waals surface area contributed by atoms with Gasteiger partial charge in [0.25, 0.3) is 0 Å². The average molecular weight is 454 g/mol. The van der Waals surface area contributed by atoms with Crippen LogP contribution in [0.4, 0.5) is 5.69 Å². The molecule has 0 spiro atoms. The molecular weight excluding hydrogens is 422 g/mol. The van der Waals surface area contributed by atoms with Gasteiger partial charge in [0, 0.05) is 18.8 Å². The molecule has 0 radical (unpaired) electrons. The molecular formula is C29H31N3O2. The summed E-state index contributed by atoms with van der Waals surface area (Å²) in [6.07, 6.45) is 0. The standard InChI is InChI=1S/C29H31N3O2/c1-3-32(4-2)24-17-15-23(16-18-24)27(28-30-25(19-33-28)21-11-7-5-8-12-21)29-31-26(20-34-29)22-13-9-6-10-14-22/h5-18,25-26,30H,3-4,19-20H2,1-2H3/b28-27+/t25-,26-/m0/s1. The van der Waals surface area contributed by atoms with Crippen LogP contribution in [-0.2, 0) is 9.47 Å². The van der Waals surface area contributed by atoms with Crippen LogP contribution in [0, 0.1) is 0 Å². The SMILES string of the molecule is CCN(CC)c1ccc(/C(C2=N[C@H](c3ccccc3)CO2)=C2/N[C@H](c3ccccc3)CO2)cc1. The van der Waals surface area contributed by atoms with Crippen molar-refractivity contribution in [3.05, 3.63) is 108 Å². The van der Waals surface area contributed by atoms with E-state index in [9.17, 15) is 0 Å². The molecule has 1 saturated heterocycles. The van der Waals surface area contributed by atoms with Crippen molar-refractivity contribution in [1.29, 1.82) is 0 Å². The number of rotatable bonds is 7. The smallest absolute Gasteiger partial charge is 0.223 e. The summed E-state index contributed by atoms with van der Waals surface area (Å²) in [5.41, 5.74) is 5.46. The van der Waals surface area contributed by atoms with Crippen LogP contribution in [-0.4, -0.2) is 32.2 Å². The molecule has 0 aliphatic carbocycles. The van der Waals surface area contributed by atoms with Gasteiger partial charge in [-0.05, 0) is 42.7 Å². The Morgan fingerprint density at radius 2 is 1.47 bits per heavy atom. The number of ether oxygens (including phenoxy) is 2. The van der Waals surface area contributed by atoms with E-state index in [4.69, 9.17) is 14.5 Å². The molecule has 5 heteroatoms. The van der Waals surface area contributed by atoms with Crippen LogP contribution in [0.3, 0.4) is 0 Å². The van der Waals surface area contributed by atoms with E-state index < -0.39 is 0 Å². The van der Waals surface area contributed by atoms with Crippen LogP contribution in [0.25, 0.3) is 5.57 Å². The van der Waals surface area contributed by atoms with E-state index in [1.165, 1.54) is 11.3 Å². The second-order valence-corrected chi connectivity index (χ2v) is 8.51. The van der Waals surface area contributed by atoms with Gasteiger partial charge in [-0.15, -0.1) is 0 Å². The highest BCUT2D eigenvalue weighted by Gasteiger charge is 2.31. The summed E-state index contributed by atoms with van der Waals surface area (Å²) in [4.78, 5) is 7.31. The zero-order valence-corrected chi connectivity index (χ0v) is 19.8. The Kier molecular flexibility index (Phi) is 6.52. The predicted molar refractivity (Wildman–Crippen MR) is 138 cm³/mol. The van der Waals surface area contributed by atoms with Gasteiger partial charge in [-0.2, -0.15) is 0 Å². The van der Waals surface area contributed by atoms with Crippen molar-refractivity contribution in [2.75, 3.05) is 31.2 Å². The van der Waals surface area contributed by atoms with Crippen molar-refractivity contribution in [2.24, 2.45) is 4.99 Å². The van der Waals surface area contributed by atoms with Crippen LogP contribution < -0.4 is 10.2 Å². The van der Waals surface area contributed by atoms with E-state index in [0.717, 1.165) is 35.7 Å². The minimum Gasteiger partial charge on any atom is -0.476 e. The average Bonchev–Trinajstić information content (AvgIpc) is 3.58. The van der Waals surface area contributed by atoms with Crippen molar-refractivity contribution in [1.82, 2.24) is 5.32 Å². The third kappa shape index (κ3) is 4.51. The topological polar surface area (TPSA) is 46.1 Å². The van der Waals surface area contributed by atoms with Gasteiger partial charge in [0.2, 0.25) is 11.8 Å². The molecule has 0 saturated carbocycles. The molecule has 0 amide bonds. The van der Waals surface area contributed by atoms with Gasteiger partial charge in [-0.3, -0.25) is 0 Å². The maximum Gasteiger partial charge on any atom is 0.223 e. The molecule has 2 aliphatic heterocycles. The molecule has 3 aromatic carbocycles. The zero-order chi connectivity index (χ0) is 23.3. The van der Waals surface area contributed by atoms with Crippen molar-refractivity contribution in [3.8, 4) is 0 Å². The highest BCUT2D eigenvalue weighted by atomic mass is 16.5.